The van der Waals surface area contributed by atoms with Gasteiger partial charge in [-0.2, -0.15) is 4.31 Å². The predicted octanol–water partition coefficient (Wildman–Crippen LogP) is 2.75. The van der Waals surface area contributed by atoms with Crippen molar-refractivity contribution in [3.63, 3.8) is 0 Å². The average Bonchev–Trinajstić information content (AvgIpc) is 2.68. The second kappa shape index (κ2) is 8.30. The summed E-state index contributed by atoms with van der Waals surface area (Å²) in [6.45, 7) is 4.33. The van der Waals surface area contributed by atoms with Crippen molar-refractivity contribution in [3.05, 3.63) is 54.1 Å². The van der Waals surface area contributed by atoms with Crippen LogP contribution in [0, 0.1) is 0 Å². The fourth-order valence-electron chi connectivity index (χ4n) is 3.13. The van der Waals surface area contributed by atoms with E-state index >= 15 is 0 Å². The summed E-state index contributed by atoms with van der Waals surface area (Å²) in [5.41, 5.74) is 0.997. The van der Waals surface area contributed by atoms with Crippen LogP contribution in [-0.2, 0) is 14.8 Å². The molecule has 2 atom stereocenters. The molecule has 1 amide bonds. The summed E-state index contributed by atoms with van der Waals surface area (Å²) in [6, 6.07) is 12.9. The molecule has 1 saturated heterocycles. The Morgan fingerprint density at radius 3 is 2.14 bits per heavy atom. The summed E-state index contributed by atoms with van der Waals surface area (Å²) in [5.74, 6) is 0.377. The van der Waals surface area contributed by atoms with Gasteiger partial charge in [0.2, 0.25) is 10.0 Å². The van der Waals surface area contributed by atoms with Crippen molar-refractivity contribution in [1.29, 1.82) is 0 Å². The van der Waals surface area contributed by atoms with Crippen molar-refractivity contribution in [2.24, 2.45) is 0 Å². The van der Waals surface area contributed by atoms with Crippen LogP contribution in [0.25, 0.3) is 0 Å². The van der Waals surface area contributed by atoms with E-state index in [4.69, 9.17) is 9.47 Å². The van der Waals surface area contributed by atoms with Gasteiger partial charge in [-0.25, -0.2) is 8.42 Å². The van der Waals surface area contributed by atoms with Crippen LogP contribution in [-0.4, -0.2) is 51.0 Å². The predicted molar refractivity (Wildman–Crippen MR) is 106 cm³/mol. The van der Waals surface area contributed by atoms with E-state index in [9.17, 15) is 13.2 Å². The van der Waals surface area contributed by atoms with Crippen LogP contribution in [0.3, 0.4) is 0 Å². The molecule has 1 aliphatic rings. The molecule has 7 nitrogen and oxygen atoms in total. The molecule has 1 aliphatic heterocycles. The number of nitrogens with one attached hydrogen (secondary N) is 1. The number of carbonyl (C=O) groups is 1. The molecule has 150 valence electrons. The fraction of sp³-hybridized carbons (Fsp3) is 0.350. The highest BCUT2D eigenvalue weighted by Crippen LogP contribution is 2.22. The minimum atomic E-state index is -3.63. The highest BCUT2D eigenvalue weighted by Gasteiger charge is 2.32. The zero-order valence-electron chi connectivity index (χ0n) is 16.1. The molecule has 0 bridgehead atoms. The lowest BCUT2D eigenvalue weighted by molar-refractivity contribution is -0.0440. The maximum absolute atomic E-state index is 12.9. The largest absolute Gasteiger partial charge is 0.497 e. The lowest BCUT2D eigenvalue weighted by Gasteiger charge is -2.34. The van der Waals surface area contributed by atoms with E-state index in [0.717, 1.165) is 0 Å². The molecule has 3 rings (SSSR count). The number of amides is 1. The number of rotatable bonds is 5. The number of nitrogens with zero attached hydrogens (tertiary/aromatic N) is 1. The minimum Gasteiger partial charge on any atom is -0.497 e. The summed E-state index contributed by atoms with van der Waals surface area (Å²) >= 11 is 0. The van der Waals surface area contributed by atoms with Crippen LogP contribution in [0.4, 0.5) is 5.69 Å². The van der Waals surface area contributed by atoms with E-state index in [2.05, 4.69) is 5.32 Å². The number of anilines is 1. The summed E-state index contributed by atoms with van der Waals surface area (Å²) in [6.07, 6.45) is -0.318. The zero-order valence-corrected chi connectivity index (χ0v) is 16.9. The Labute approximate surface area is 165 Å². The Bertz CT molecular complexity index is 916. The van der Waals surface area contributed by atoms with Crippen LogP contribution in [0.2, 0.25) is 0 Å². The topological polar surface area (TPSA) is 84.9 Å². The molecule has 2 aromatic rings. The SMILES string of the molecule is COc1ccc(NC(=O)c2ccc(S(=O)(=O)N3C[C@H](C)O[C@@H](C)C3)cc2)cc1. The van der Waals surface area contributed by atoms with Crippen molar-refractivity contribution >= 4 is 21.6 Å². The first kappa shape index (κ1) is 20.3. The third-order valence-electron chi connectivity index (χ3n) is 4.49. The van der Waals surface area contributed by atoms with E-state index in [1.807, 2.05) is 13.8 Å². The monoisotopic (exact) mass is 404 g/mol. The first-order valence-corrected chi connectivity index (χ1v) is 10.4. The highest BCUT2D eigenvalue weighted by molar-refractivity contribution is 7.89. The second-order valence-electron chi connectivity index (χ2n) is 6.79. The molecule has 28 heavy (non-hydrogen) atoms. The molecule has 0 spiro atoms. The van der Waals surface area contributed by atoms with Crippen molar-refractivity contribution in [3.8, 4) is 5.75 Å². The average molecular weight is 404 g/mol. The second-order valence-corrected chi connectivity index (χ2v) is 8.72. The number of ether oxygens (including phenoxy) is 2. The molecule has 8 heteroatoms. The van der Waals surface area contributed by atoms with E-state index in [1.54, 1.807) is 31.4 Å². The van der Waals surface area contributed by atoms with Gasteiger partial charge in [-0.3, -0.25) is 4.79 Å². The third kappa shape index (κ3) is 4.52. The maximum atomic E-state index is 12.9. The summed E-state index contributed by atoms with van der Waals surface area (Å²) in [5, 5.41) is 2.77. The molecule has 1 fully saturated rings. The smallest absolute Gasteiger partial charge is 0.255 e. The van der Waals surface area contributed by atoms with Gasteiger partial charge in [-0.15, -0.1) is 0 Å². The number of methoxy groups -OCH3 is 1. The van der Waals surface area contributed by atoms with Gasteiger partial charge >= 0.3 is 0 Å². The van der Waals surface area contributed by atoms with Crippen LogP contribution < -0.4 is 10.1 Å². The van der Waals surface area contributed by atoms with Gasteiger partial charge in [0.15, 0.2) is 0 Å². The number of morpholine rings is 1. The first-order chi connectivity index (χ1) is 13.3. The van der Waals surface area contributed by atoms with Gasteiger partial charge in [0.1, 0.15) is 5.75 Å². The lowest BCUT2D eigenvalue weighted by atomic mass is 10.2. The quantitative estimate of drug-likeness (QED) is 0.828. The Hall–Kier alpha value is -2.42. The zero-order chi connectivity index (χ0) is 20.3. The molecule has 0 unspecified atom stereocenters. The van der Waals surface area contributed by atoms with E-state index < -0.39 is 10.0 Å². The lowest BCUT2D eigenvalue weighted by Crippen LogP contribution is -2.48. The van der Waals surface area contributed by atoms with E-state index in [1.165, 1.54) is 28.6 Å². The van der Waals surface area contributed by atoms with Crippen molar-refractivity contribution in [2.45, 2.75) is 31.0 Å². The van der Waals surface area contributed by atoms with Crippen molar-refractivity contribution in [2.75, 3.05) is 25.5 Å². The van der Waals surface area contributed by atoms with E-state index in [-0.39, 0.29) is 23.0 Å². The maximum Gasteiger partial charge on any atom is 0.255 e. The number of benzene rings is 2. The molecule has 0 aliphatic carbocycles. The van der Waals surface area contributed by atoms with Crippen molar-refractivity contribution in [1.82, 2.24) is 4.31 Å². The van der Waals surface area contributed by atoms with Crippen LogP contribution >= 0.6 is 0 Å². The Morgan fingerprint density at radius 1 is 1.04 bits per heavy atom. The fourth-order valence-corrected chi connectivity index (χ4v) is 4.72. The molecule has 2 aromatic carbocycles. The van der Waals surface area contributed by atoms with Crippen LogP contribution in [0.1, 0.15) is 24.2 Å². The summed E-state index contributed by atoms with van der Waals surface area (Å²) < 4.78 is 37.9. The first-order valence-electron chi connectivity index (χ1n) is 9.00. The molecule has 0 aromatic heterocycles. The molecule has 0 radical (unpaired) electrons. The van der Waals surface area contributed by atoms with Gasteiger partial charge in [-0.05, 0) is 62.4 Å². The molecular weight excluding hydrogens is 380 g/mol. The molecule has 1 heterocycles. The third-order valence-corrected chi connectivity index (χ3v) is 6.33. The number of carbonyl (C=O) groups excluding carboxylic acids is 1. The minimum absolute atomic E-state index is 0.159. The van der Waals surface area contributed by atoms with Gasteiger partial charge in [0, 0.05) is 24.3 Å². The standard InChI is InChI=1S/C20H24N2O5S/c1-14-12-22(13-15(2)27-14)28(24,25)19-10-4-16(5-11-19)20(23)21-17-6-8-18(26-3)9-7-17/h4-11,14-15H,12-13H2,1-3H3,(H,21,23)/t14-,15-/m0/s1. The number of hydrogen-bond donors (Lipinski definition) is 1. The Morgan fingerprint density at radius 2 is 1.61 bits per heavy atom. The van der Waals surface area contributed by atoms with Gasteiger partial charge in [-0.1, -0.05) is 0 Å². The summed E-state index contributed by atoms with van der Waals surface area (Å²) in [7, 11) is -2.06. The normalized spacial score (nSPS) is 20.5. The van der Waals surface area contributed by atoms with Crippen LogP contribution in [0.5, 0.6) is 5.75 Å². The Balaban J connectivity index is 1.72. The number of sulfonamides is 1. The molecule has 1 N–H and O–H groups in total. The van der Waals surface area contributed by atoms with Gasteiger partial charge in [0.05, 0.1) is 24.2 Å². The Kier molecular flexibility index (Phi) is 6.02. The van der Waals surface area contributed by atoms with Gasteiger partial charge in [0.25, 0.3) is 5.91 Å². The summed E-state index contributed by atoms with van der Waals surface area (Å²) in [4.78, 5) is 12.6. The number of hydrogen-bond acceptors (Lipinski definition) is 5. The highest BCUT2D eigenvalue weighted by atomic mass is 32.2. The molecule has 0 saturated carbocycles. The molecular formula is C20H24N2O5S. The van der Waals surface area contributed by atoms with Gasteiger partial charge < -0.3 is 14.8 Å². The van der Waals surface area contributed by atoms with E-state index in [0.29, 0.717) is 30.1 Å². The van der Waals surface area contributed by atoms with Crippen LogP contribution in [0.15, 0.2) is 53.4 Å². The van der Waals surface area contributed by atoms with Crippen molar-refractivity contribution < 1.29 is 22.7 Å².